The zero-order chi connectivity index (χ0) is 42.3. The number of carboxylic acids is 1. The van der Waals surface area contributed by atoms with E-state index in [2.05, 4.69) is 20.9 Å². The number of ketones is 1. The van der Waals surface area contributed by atoms with Crippen LogP contribution in [0.4, 0.5) is 4.39 Å². The zero-order valence-corrected chi connectivity index (χ0v) is 32.9. The summed E-state index contributed by atoms with van der Waals surface area (Å²) in [7, 11) is 1.76. The highest BCUT2D eigenvalue weighted by atomic mass is 19.1. The number of nitrogens with zero attached hydrogens (tertiary/aromatic N) is 3. The van der Waals surface area contributed by atoms with Gasteiger partial charge in [0, 0.05) is 24.8 Å². The number of aliphatic hydroxyl groups is 5. The predicted octanol–water partition coefficient (Wildman–Crippen LogP) is -0.577. The summed E-state index contributed by atoms with van der Waals surface area (Å²) in [6.45, 7) is 4.20. The maximum atomic E-state index is 14.3. The lowest BCUT2D eigenvalue weighted by Crippen LogP contribution is -2.67. The highest BCUT2D eigenvalue weighted by Gasteiger charge is 2.53. The Balaban J connectivity index is 1.59. The molecule has 6 unspecified atom stereocenters. The quantitative estimate of drug-likeness (QED) is 0.0874. The van der Waals surface area contributed by atoms with Crippen molar-refractivity contribution in [2.75, 3.05) is 20.2 Å². The number of aliphatic carboxylic acids is 1. The van der Waals surface area contributed by atoms with Gasteiger partial charge < -0.3 is 65.0 Å². The second-order valence-electron chi connectivity index (χ2n) is 15.1. The number of benzene rings is 1. The molecule has 3 heterocycles. The predicted molar refractivity (Wildman–Crippen MR) is 198 cm³/mol. The number of rotatable bonds is 18. The first kappa shape index (κ1) is 45.5. The van der Waals surface area contributed by atoms with E-state index in [1.165, 1.54) is 42.9 Å². The molecule has 324 valence electrons. The highest BCUT2D eigenvalue weighted by Crippen LogP contribution is 2.41. The molecule has 3 aliphatic rings. The molecule has 2 aliphatic heterocycles. The lowest BCUT2D eigenvalue weighted by molar-refractivity contribution is -0.337. The molecule has 0 radical (unpaired) electrons. The summed E-state index contributed by atoms with van der Waals surface area (Å²) in [5.74, 6) is -3.29. The lowest BCUT2D eigenvalue weighted by atomic mass is 9.78. The number of Topliss-reactive ketones (excluding diaryl/α,β-unsaturated/α-hetero) is 1. The topological polar surface area (TPSA) is 274 Å². The Bertz CT molecular complexity index is 1670. The fraction of sp³-hybridized carbons (Fsp3) is 0.711. The van der Waals surface area contributed by atoms with Gasteiger partial charge in [0.1, 0.15) is 66.1 Å². The van der Waals surface area contributed by atoms with E-state index in [9.17, 15) is 49.4 Å². The van der Waals surface area contributed by atoms with Gasteiger partial charge >= 0.3 is 5.97 Å². The minimum Gasteiger partial charge on any atom is -0.479 e. The number of carbonyl (C=O) groups excluding carboxylic acids is 2. The number of carbonyl (C=O) groups is 3. The van der Waals surface area contributed by atoms with Crippen LogP contribution in [0.15, 0.2) is 30.5 Å². The molecule has 2 aromatic rings. The molecule has 58 heavy (non-hydrogen) atoms. The smallest absolute Gasteiger partial charge is 0.332 e. The van der Waals surface area contributed by atoms with Crippen molar-refractivity contribution in [2.24, 2.45) is 5.92 Å². The van der Waals surface area contributed by atoms with E-state index in [0.29, 0.717) is 24.9 Å². The Kier molecular flexibility index (Phi) is 16.2. The van der Waals surface area contributed by atoms with Gasteiger partial charge in [-0.1, -0.05) is 30.7 Å². The van der Waals surface area contributed by atoms with Crippen molar-refractivity contribution < 1.29 is 73.1 Å². The van der Waals surface area contributed by atoms with Crippen LogP contribution < -0.4 is 10.6 Å². The number of halogens is 1. The van der Waals surface area contributed by atoms with Gasteiger partial charge in [-0.2, -0.15) is 0 Å². The molecule has 2 saturated heterocycles. The number of hydrogen-bond donors (Lipinski definition) is 8. The normalized spacial score (nSPS) is 34.7. The van der Waals surface area contributed by atoms with Crippen LogP contribution in [0, 0.1) is 11.7 Å². The Morgan fingerprint density at radius 3 is 2.45 bits per heavy atom. The number of hydrogen-bond acceptors (Lipinski definition) is 16. The van der Waals surface area contributed by atoms with Gasteiger partial charge in [-0.15, -0.1) is 5.10 Å². The summed E-state index contributed by atoms with van der Waals surface area (Å²) in [6.07, 6.45) is -14.6. The fourth-order valence-corrected chi connectivity index (χ4v) is 7.77. The third-order valence-electron chi connectivity index (χ3n) is 10.8. The molecule has 8 N–H and O–H groups in total. The van der Waals surface area contributed by atoms with Gasteiger partial charge in [0.05, 0.1) is 31.1 Å². The van der Waals surface area contributed by atoms with E-state index in [4.69, 9.17) is 23.7 Å². The fourth-order valence-electron chi connectivity index (χ4n) is 7.77. The highest BCUT2D eigenvalue weighted by molar-refractivity contribution is 5.81. The molecular formula is C38H56FN5O14. The summed E-state index contributed by atoms with van der Waals surface area (Å²) in [5.41, 5.74) is 0.681. The van der Waals surface area contributed by atoms with Crippen molar-refractivity contribution in [3.05, 3.63) is 36.3 Å². The van der Waals surface area contributed by atoms with Crippen LogP contribution in [0.3, 0.4) is 0 Å². The summed E-state index contributed by atoms with van der Waals surface area (Å²) in [5, 5.41) is 78.0. The Morgan fingerprint density at radius 1 is 1.03 bits per heavy atom. The van der Waals surface area contributed by atoms with Gasteiger partial charge in [0.25, 0.3) is 0 Å². The molecule has 19 nitrogen and oxygen atoms in total. The van der Waals surface area contributed by atoms with Gasteiger partial charge in [-0.05, 0) is 58.3 Å². The first-order valence-electron chi connectivity index (χ1n) is 19.6. The summed E-state index contributed by atoms with van der Waals surface area (Å²) in [4.78, 5) is 38.8. The first-order valence-corrected chi connectivity index (χ1v) is 19.6. The van der Waals surface area contributed by atoms with Crippen molar-refractivity contribution in [3.8, 4) is 11.3 Å². The van der Waals surface area contributed by atoms with Gasteiger partial charge in [0.2, 0.25) is 5.91 Å². The molecule has 0 bridgehead atoms. The summed E-state index contributed by atoms with van der Waals surface area (Å²) >= 11 is 0. The Morgan fingerprint density at radius 2 is 1.79 bits per heavy atom. The van der Waals surface area contributed by atoms with E-state index in [-0.39, 0.29) is 37.2 Å². The van der Waals surface area contributed by atoms with Crippen molar-refractivity contribution in [1.29, 1.82) is 0 Å². The molecule has 1 aliphatic carbocycles. The second-order valence-corrected chi connectivity index (χ2v) is 15.1. The number of aromatic nitrogens is 3. The average Bonchev–Trinajstić information content (AvgIpc) is 3.68. The van der Waals surface area contributed by atoms with Crippen LogP contribution in [0.2, 0.25) is 0 Å². The SMILES string of the molecule is CCC[C@H](OC1C(NC(C)=O)[C@H](O[C@@H]2CC(C(=O)CCCNC)CC(n3cc(-c4cccc(F)c4)nn3)[C@H]2O[C@@H]2OC(C)[C@@H](O)[C@H](O)C2O)O[C@@H](CO)[C@@H]1O)C(=O)O. The van der Waals surface area contributed by atoms with Crippen LogP contribution in [0.1, 0.15) is 65.3 Å². The van der Waals surface area contributed by atoms with E-state index in [1.54, 1.807) is 20.0 Å². The molecule has 20 heteroatoms. The monoisotopic (exact) mass is 825 g/mol. The molecule has 0 spiro atoms. The maximum absolute atomic E-state index is 14.3. The van der Waals surface area contributed by atoms with Crippen molar-refractivity contribution >= 4 is 17.7 Å². The van der Waals surface area contributed by atoms with E-state index in [0.717, 1.165) is 0 Å². The molecule has 1 aromatic heterocycles. The molecule has 15 atom stereocenters. The minimum absolute atomic E-state index is 0.0351. The van der Waals surface area contributed by atoms with Crippen molar-refractivity contribution in [3.63, 3.8) is 0 Å². The number of carboxylic acid groups (broad SMARTS) is 1. The Hall–Kier alpha value is -3.54. The zero-order valence-electron chi connectivity index (χ0n) is 32.9. The van der Waals surface area contributed by atoms with Crippen molar-refractivity contribution in [2.45, 2.75) is 145 Å². The van der Waals surface area contributed by atoms with Crippen molar-refractivity contribution in [1.82, 2.24) is 25.6 Å². The van der Waals surface area contributed by atoms with Crippen LogP contribution in [-0.2, 0) is 38.1 Å². The number of nitrogens with one attached hydrogen (secondary N) is 2. The molecule has 1 amide bonds. The van der Waals surface area contributed by atoms with Crippen LogP contribution in [0.5, 0.6) is 0 Å². The lowest BCUT2D eigenvalue weighted by Gasteiger charge is -2.49. The minimum atomic E-state index is -1.76. The molecule has 3 fully saturated rings. The maximum Gasteiger partial charge on any atom is 0.332 e. The third kappa shape index (κ3) is 10.8. The van der Waals surface area contributed by atoms with Gasteiger partial charge in [-0.25, -0.2) is 13.9 Å². The molecule has 5 rings (SSSR count). The van der Waals surface area contributed by atoms with E-state index >= 15 is 0 Å². The Labute approximate surface area is 334 Å². The van der Waals surface area contributed by atoms with Crippen LogP contribution in [0.25, 0.3) is 11.3 Å². The third-order valence-corrected chi connectivity index (χ3v) is 10.8. The first-order chi connectivity index (χ1) is 27.7. The number of amides is 1. The van der Waals surface area contributed by atoms with Gasteiger partial charge in [-0.3, -0.25) is 9.59 Å². The standard InChI is InChI=1S/C38H56FN5O14/c1-5-8-26(36(52)53)55-35-29(41-19(3)46)37(57-28(17-45)31(35)49)56-27-15-21(25(47)11-7-12-40-4)14-24(34(27)58-38-33(51)32(50)30(48)18(2)54-38)44-16-23(42-43-44)20-9-6-10-22(39)13-20/h6,9-10,13,16,18,21,24,26-35,37-38,40,45,48-51H,5,7-8,11-12,14-15,17H2,1-4H3,(H,41,46)(H,52,53)/t18?,21?,24?,26-,27+,28-,29?,30+,31-,32-,33?,34+,35?,37+,38-/m0/s1. The second kappa shape index (κ2) is 20.6. The molecule has 1 aromatic carbocycles. The summed E-state index contributed by atoms with van der Waals surface area (Å²) in [6, 6.07) is 3.38. The van der Waals surface area contributed by atoms with Crippen LogP contribution in [-0.4, -0.2) is 163 Å². The number of ether oxygens (including phenoxy) is 5. The average molecular weight is 826 g/mol. The largest absolute Gasteiger partial charge is 0.479 e. The van der Waals surface area contributed by atoms with E-state index in [1.807, 2.05) is 0 Å². The van der Waals surface area contributed by atoms with Crippen LogP contribution >= 0.6 is 0 Å². The summed E-state index contributed by atoms with van der Waals surface area (Å²) < 4.78 is 46.6. The van der Waals surface area contributed by atoms with E-state index < -0.39 is 116 Å². The number of aliphatic hydroxyl groups excluding tert-OH is 5. The molecular weight excluding hydrogens is 769 g/mol. The molecule has 1 saturated carbocycles. The van der Waals surface area contributed by atoms with Gasteiger partial charge in [0.15, 0.2) is 18.7 Å².